The van der Waals surface area contributed by atoms with Crippen molar-refractivity contribution >= 4 is 106 Å². The molecule has 1 saturated heterocycles. The minimum Gasteiger partial charge on any atom is -0.580 e. The molecule has 0 aliphatic carbocycles. The smallest absolute Gasteiger partial charge is 0.580 e. The Morgan fingerprint density at radius 1 is 0.423 bits per heavy atom. The summed E-state index contributed by atoms with van der Waals surface area (Å²) in [6.07, 6.45) is 2.56. The molecule has 0 amide bonds. The zero-order valence-electron chi connectivity index (χ0n) is 34.3. The van der Waals surface area contributed by atoms with Crippen LogP contribution in [0.25, 0.3) is 9.51 Å². The van der Waals surface area contributed by atoms with Gasteiger partial charge < -0.3 is 23.1 Å². The molecule has 4 aromatic carbocycles. The molecule has 0 bridgehead atoms. The maximum Gasteiger partial charge on any atom is 2.00 e. The molecule has 0 atom stereocenters. The largest absolute Gasteiger partial charge is 2.00 e. The number of nitrogens with one attached hydrogen (secondary N) is 2. The van der Waals surface area contributed by atoms with Crippen LogP contribution >= 0.6 is 14.4 Å². The zero-order chi connectivity index (χ0) is 37.8. The van der Waals surface area contributed by atoms with E-state index in [0.29, 0.717) is 0 Å². The van der Waals surface area contributed by atoms with E-state index in [1.165, 1.54) is 34.1 Å². The molecule has 1 aliphatic rings. The molecule has 12 heteroatoms. The number of hydrogen-bond acceptors (Lipinski definition) is 1. The Bertz CT molecular complexity index is 1500. The van der Waals surface area contributed by atoms with Crippen molar-refractivity contribution in [3.05, 3.63) is 131 Å². The Labute approximate surface area is 352 Å². The van der Waals surface area contributed by atoms with Gasteiger partial charge in [-0.15, -0.1) is 0 Å². The summed E-state index contributed by atoms with van der Waals surface area (Å²) in [6.45, 7) is 30.2. The van der Waals surface area contributed by atoms with Crippen LogP contribution in [0.3, 0.4) is 0 Å². The van der Waals surface area contributed by atoms with Crippen molar-refractivity contribution in [3.8, 4) is 0 Å². The molecule has 0 saturated carbocycles. The first-order valence-electron chi connectivity index (χ1n) is 18.4. The van der Waals surface area contributed by atoms with Crippen LogP contribution in [-0.2, 0) is 4.74 Å². The fraction of sp³-hybridized carbons (Fsp3) is 0.400. The Morgan fingerprint density at radius 3 is 0.808 bits per heavy atom. The van der Waals surface area contributed by atoms with Crippen molar-refractivity contribution in [1.29, 1.82) is 0 Å². The Morgan fingerprint density at radius 2 is 0.654 bits per heavy atom. The van der Waals surface area contributed by atoms with Crippen LogP contribution in [0.2, 0.25) is 78.6 Å². The minimum atomic E-state index is -1.95. The molecule has 278 valence electrons. The molecule has 5 nitrogen and oxygen atoms in total. The fourth-order valence-electron chi connectivity index (χ4n) is 5.79. The van der Waals surface area contributed by atoms with Crippen LogP contribution in [0.15, 0.2) is 121 Å². The third kappa shape index (κ3) is 16.2. The molecule has 2 N–H and O–H groups in total. The SMILES string of the molecule is C1CCOC1.C[Si](C)(C)[N-]P(=[NH+][Si](C)(C)C)(c1ccccc1)c1ccccc1.C[Si](C)(C)[N-]P(=[NH+][Si](C)(C)C)(c1ccccc1)c1ccccc1.[Ca+2]. The molecular weight excluding hydrogens is 767 g/mol. The molecule has 4 aromatic rings. The standard InChI is InChI=1S/2C18H28N2PSi2.C4H8O.Ca/c2*1-22(2,3)19-21(20-23(4,5)6,17-13-9-7-10-14-17)18-15-11-8-12-16-18;1-2-4-5-3-1;/h2*7-16H,1-6H3;1-4H2;/q2*-1;;+2/p+2. The number of benzene rings is 4. The Balaban J connectivity index is 0.000000311. The van der Waals surface area contributed by atoms with Crippen molar-refractivity contribution in [3.63, 3.8) is 0 Å². The quantitative estimate of drug-likeness (QED) is 0.123. The Hall–Kier alpha value is -0.653. The second-order valence-corrected chi connectivity index (χ2v) is 42.9. The Kier molecular flexibility index (Phi) is 19.2. The number of hydrogen-bond donors (Lipinski definition) is 2. The summed E-state index contributed by atoms with van der Waals surface area (Å²) in [5.74, 6) is 0. The van der Waals surface area contributed by atoms with Crippen LogP contribution in [0.4, 0.5) is 0 Å². The van der Waals surface area contributed by atoms with Gasteiger partial charge in [-0.1, -0.05) is 177 Å². The van der Waals surface area contributed by atoms with Crippen molar-refractivity contribution < 1.29 is 13.6 Å². The number of ether oxygens (including phenoxy) is 1. The van der Waals surface area contributed by atoms with Gasteiger partial charge in [0.2, 0.25) is 0 Å². The van der Waals surface area contributed by atoms with Gasteiger partial charge in [-0.3, -0.25) is 0 Å². The van der Waals surface area contributed by atoms with Gasteiger partial charge >= 0.3 is 54.2 Å². The second-order valence-electron chi connectivity index (χ2n) is 17.2. The summed E-state index contributed by atoms with van der Waals surface area (Å²) in [5, 5.41) is 5.37. The van der Waals surface area contributed by atoms with Gasteiger partial charge in [-0.05, 0) is 52.1 Å². The predicted octanol–water partition coefficient (Wildman–Crippen LogP) is 8.17. The molecule has 1 aliphatic heterocycles. The first-order valence-corrected chi connectivity index (χ1v) is 35.8. The summed E-state index contributed by atoms with van der Waals surface area (Å²) in [5.41, 5.74) is 0. The van der Waals surface area contributed by atoms with Gasteiger partial charge in [0.25, 0.3) is 0 Å². The summed E-state index contributed by atoms with van der Waals surface area (Å²) in [7, 11) is -10.2. The van der Waals surface area contributed by atoms with Crippen molar-refractivity contribution in [1.82, 2.24) is 0 Å². The molecule has 0 unspecified atom stereocenters. The van der Waals surface area contributed by atoms with E-state index >= 15 is 0 Å². The van der Waals surface area contributed by atoms with E-state index in [9.17, 15) is 0 Å². The molecule has 0 spiro atoms. The fourth-order valence-corrected chi connectivity index (χ4v) is 29.0. The van der Waals surface area contributed by atoms with Crippen LogP contribution in [0.1, 0.15) is 12.8 Å². The first-order chi connectivity index (χ1) is 23.7. The third-order valence-corrected chi connectivity index (χ3v) is 26.6. The third-order valence-electron chi connectivity index (χ3n) is 7.24. The summed E-state index contributed by atoms with van der Waals surface area (Å²) in [4.78, 5) is 0. The van der Waals surface area contributed by atoms with Gasteiger partial charge in [-0.2, -0.15) is 0 Å². The normalized spacial score (nSPS) is 13.8. The van der Waals surface area contributed by atoms with Gasteiger partial charge in [0.1, 0.15) is 0 Å². The van der Waals surface area contributed by atoms with E-state index in [2.05, 4.69) is 209 Å². The molecule has 0 aromatic heterocycles. The minimum absolute atomic E-state index is 0. The van der Waals surface area contributed by atoms with Crippen LogP contribution in [-0.4, -0.2) is 83.9 Å². The van der Waals surface area contributed by atoms with E-state index in [1.54, 1.807) is 0 Å². The van der Waals surface area contributed by atoms with E-state index < -0.39 is 47.4 Å². The molecule has 52 heavy (non-hydrogen) atoms. The van der Waals surface area contributed by atoms with Gasteiger partial charge in [0, 0.05) is 48.8 Å². The van der Waals surface area contributed by atoms with Crippen molar-refractivity contribution in [2.75, 3.05) is 13.2 Å². The van der Waals surface area contributed by atoms with E-state index in [0.717, 1.165) is 13.2 Å². The average molecular weight is 833 g/mol. The molecule has 1 heterocycles. The van der Waals surface area contributed by atoms with Gasteiger partial charge in [0.15, 0.2) is 0 Å². The second kappa shape index (κ2) is 21.0. The van der Waals surface area contributed by atoms with Gasteiger partial charge in [-0.25, -0.2) is 0 Å². The maximum absolute atomic E-state index is 5.54. The monoisotopic (exact) mass is 832 g/mol. The van der Waals surface area contributed by atoms with E-state index in [-0.39, 0.29) is 37.7 Å². The maximum atomic E-state index is 5.54. The zero-order valence-corrected chi connectivity index (χ0v) is 42.3. The van der Waals surface area contributed by atoms with Crippen LogP contribution in [0.5, 0.6) is 0 Å². The summed E-state index contributed by atoms with van der Waals surface area (Å²) in [6, 6.07) is 43.4. The average Bonchev–Trinajstić information content (AvgIpc) is 3.64. The van der Waals surface area contributed by atoms with Crippen molar-refractivity contribution in [2.45, 2.75) is 91.4 Å². The predicted molar refractivity (Wildman–Crippen MR) is 246 cm³/mol. The number of nitrogens with zero attached hydrogens (tertiary/aromatic N) is 2. The first kappa shape index (κ1) is 47.5. The molecule has 5 rings (SSSR count). The van der Waals surface area contributed by atoms with E-state index in [1.807, 2.05) is 0 Å². The van der Waals surface area contributed by atoms with E-state index in [4.69, 9.17) is 14.2 Å². The molecule has 1 fully saturated rings. The number of rotatable bonds is 10. The molecule has 0 radical (unpaired) electrons. The summed E-state index contributed by atoms with van der Waals surface area (Å²) < 4.78 is 24.2. The molecular formula is C40H66CaN4OP2Si4+2. The summed E-state index contributed by atoms with van der Waals surface area (Å²) >= 11 is 0. The van der Waals surface area contributed by atoms with Crippen molar-refractivity contribution in [2.24, 2.45) is 0 Å². The van der Waals surface area contributed by atoms with Crippen LogP contribution in [0, 0.1) is 0 Å². The topological polar surface area (TPSA) is 65.4 Å². The van der Waals surface area contributed by atoms with Crippen LogP contribution < -0.4 is 30.0 Å². The van der Waals surface area contributed by atoms with Gasteiger partial charge in [0.05, 0.1) is 0 Å².